The third-order valence-corrected chi connectivity index (χ3v) is 3.48. The zero-order valence-corrected chi connectivity index (χ0v) is 12.2. The summed E-state index contributed by atoms with van der Waals surface area (Å²) in [6.45, 7) is 1.61. The van der Waals surface area contributed by atoms with Crippen LogP contribution in [0.2, 0.25) is 0 Å². The Kier molecular flexibility index (Phi) is 4.89. The minimum Gasteiger partial charge on any atom is -0.387 e. The lowest BCUT2D eigenvalue weighted by molar-refractivity contribution is -0.0361. The fourth-order valence-electron chi connectivity index (χ4n) is 2.32. The van der Waals surface area contributed by atoms with Gasteiger partial charge in [0, 0.05) is 32.0 Å². The lowest BCUT2D eigenvalue weighted by Gasteiger charge is -2.29. The maximum Gasteiger partial charge on any atom is 0.248 e. The number of hydrogen-bond donors (Lipinski definition) is 4. The molecule has 1 unspecified atom stereocenters. The molecule has 0 saturated heterocycles. The van der Waals surface area contributed by atoms with Crippen LogP contribution < -0.4 is 16.2 Å². The lowest BCUT2D eigenvalue weighted by atomic mass is 9.92. The summed E-state index contributed by atoms with van der Waals surface area (Å²) in [6, 6.07) is 1.60. The number of hydrogen-bond acceptors (Lipinski definition) is 6. The van der Waals surface area contributed by atoms with Gasteiger partial charge in [-0.25, -0.2) is 19.2 Å². The number of alkyl halides is 2. The Hall–Kier alpha value is -1.54. The molecule has 0 spiro atoms. The van der Waals surface area contributed by atoms with Crippen LogP contribution in [0.1, 0.15) is 44.4 Å². The molecule has 0 aliphatic heterocycles. The van der Waals surface area contributed by atoms with Crippen molar-refractivity contribution in [1.29, 1.82) is 0 Å². The third kappa shape index (κ3) is 4.47. The van der Waals surface area contributed by atoms with Crippen LogP contribution in [0.25, 0.3) is 0 Å². The highest BCUT2D eigenvalue weighted by atomic mass is 19.3. The van der Waals surface area contributed by atoms with Crippen LogP contribution in [0.15, 0.2) is 6.07 Å². The molecule has 8 heteroatoms. The molecule has 0 bridgehead atoms. The van der Waals surface area contributed by atoms with Gasteiger partial charge in [-0.05, 0) is 19.8 Å². The van der Waals surface area contributed by atoms with Crippen LogP contribution in [-0.4, -0.2) is 34.1 Å². The van der Waals surface area contributed by atoms with Crippen LogP contribution in [0.5, 0.6) is 0 Å². The maximum absolute atomic E-state index is 13.1. The molecule has 1 atom stereocenters. The molecular formula is C13H21F2N5O. The van der Waals surface area contributed by atoms with Gasteiger partial charge < -0.3 is 10.4 Å². The molecule has 0 aromatic carbocycles. The van der Waals surface area contributed by atoms with E-state index in [1.54, 1.807) is 20.0 Å². The minimum atomic E-state index is -2.55. The number of hydrazine groups is 1. The molecule has 1 fully saturated rings. The molecule has 0 amide bonds. The lowest BCUT2D eigenvalue weighted by Crippen LogP contribution is -2.32. The van der Waals surface area contributed by atoms with Crippen molar-refractivity contribution in [3.63, 3.8) is 0 Å². The molecule has 1 aromatic rings. The van der Waals surface area contributed by atoms with E-state index in [0.29, 0.717) is 30.3 Å². The second-order valence-corrected chi connectivity index (χ2v) is 5.33. The Morgan fingerprint density at radius 1 is 1.33 bits per heavy atom. The summed E-state index contributed by atoms with van der Waals surface area (Å²) in [5, 5.41) is 12.8. The first kappa shape index (κ1) is 15.8. The quantitative estimate of drug-likeness (QED) is 0.623. The summed E-state index contributed by atoms with van der Waals surface area (Å²) in [6.07, 6.45) is -0.158. The molecule has 1 aliphatic rings. The maximum atomic E-state index is 13.1. The molecule has 118 valence electrons. The SMILES string of the molecule is CNNc1nc(NC2CCC(F)(F)CC2)cc(C(C)O)n1. The first-order chi connectivity index (χ1) is 9.89. The van der Waals surface area contributed by atoms with Crippen molar-refractivity contribution >= 4 is 11.8 Å². The van der Waals surface area contributed by atoms with Crippen molar-refractivity contribution in [2.45, 2.75) is 50.7 Å². The van der Waals surface area contributed by atoms with E-state index in [2.05, 4.69) is 26.1 Å². The van der Waals surface area contributed by atoms with Gasteiger partial charge in [-0.1, -0.05) is 0 Å². The molecule has 1 aliphatic carbocycles. The smallest absolute Gasteiger partial charge is 0.248 e. The predicted molar refractivity (Wildman–Crippen MR) is 76.2 cm³/mol. The fraction of sp³-hybridized carbons (Fsp3) is 0.692. The van der Waals surface area contributed by atoms with Gasteiger partial charge in [0.2, 0.25) is 11.9 Å². The average molecular weight is 301 g/mol. The normalized spacial score (nSPS) is 20.0. The van der Waals surface area contributed by atoms with Crippen molar-refractivity contribution in [2.75, 3.05) is 17.8 Å². The summed E-state index contributed by atoms with van der Waals surface area (Å²) in [5.74, 6) is -1.71. The summed E-state index contributed by atoms with van der Waals surface area (Å²) in [5.41, 5.74) is 5.92. The fourth-order valence-corrected chi connectivity index (χ4v) is 2.32. The summed E-state index contributed by atoms with van der Waals surface area (Å²) in [7, 11) is 1.68. The summed E-state index contributed by atoms with van der Waals surface area (Å²) >= 11 is 0. The summed E-state index contributed by atoms with van der Waals surface area (Å²) < 4.78 is 26.3. The van der Waals surface area contributed by atoms with Gasteiger partial charge in [0.25, 0.3) is 0 Å². The van der Waals surface area contributed by atoms with E-state index < -0.39 is 12.0 Å². The van der Waals surface area contributed by atoms with Crippen molar-refractivity contribution in [3.05, 3.63) is 11.8 Å². The highest BCUT2D eigenvalue weighted by Crippen LogP contribution is 2.34. The molecule has 4 N–H and O–H groups in total. The van der Waals surface area contributed by atoms with E-state index in [1.165, 1.54) is 0 Å². The Labute approximate surface area is 122 Å². The van der Waals surface area contributed by atoms with E-state index >= 15 is 0 Å². The van der Waals surface area contributed by atoms with Gasteiger partial charge in [-0.3, -0.25) is 5.43 Å². The molecule has 1 saturated carbocycles. The standard InChI is InChI=1S/C13H21F2N5O/c1-8(21)10-7-11(19-12(18-10)20-16-2)17-9-3-5-13(14,15)6-4-9/h7-9,16,21H,3-6H2,1-2H3,(H2,17,18,19,20). The zero-order valence-electron chi connectivity index (χ0n) is 12.2. The number of aliphatic hydroxyl groups is 1. The molecular weight excluding hydrogens is 280 g/mol. The van der Waals surface area contributed by atoms with Gasteiger partial charge in [0.05, 0.1) is 11.8 Å². The molecule has 6 nitrogen and oxygen atoms in total. The highest BCUT2D eigenvalue weighted by molar-refractivity contribution is 5.43. The zero-order chi connectivity index (χ0) is 15.5. The summed E-state index contributed by atoms with van der Waals surface area (Å²) in [4.78, 5) is 8.39. The number of rotatable bonds is 5. The van der Waals surface area contributed by atoms with Gasteiger partial charge in [0.15, 0.2) is 0 Å². The van der Waals surface area contributed by atoms with Gasteiger partial charge in [-0.2, -0.15) is 4.98 Å². The first-order valence-electron chi connectivity index (χ1n) is 7.04. The molecule has 0 radical (unpaired) electrons. The van der Waals surface area contributed by atoms with Crippen molar-refractivity contribution in [1.82, 2.24) is 15.4 Å². The van der Waals surface area contributed by atoms with Gasteiger partial charge >= 0.3 is 0 Å². The van der Waals surface area contributed by atoms with Gasteiger partial charge in [0.1, 0.15) is 5.82 Å². The topological polar surface area (TPSA) is 82.1 Å². The van der Waals surface area contributed by atoms with Crippen LogP contribution in [0.3, 0.4) is 0 Å². The Morgan fingerprint density at radius 3 is 2.57 bits per heavy atom. The van der Waals surface area contributed by atoms with Crippen molar-refractivity contribution < 1.29 is 13.9 Å². The van der Waals surface area contributed by atoms with E-state index in [0.717, 1.165) is 0 Å². The Balaban J connectivity index is 2.08. The molecule has 21 heavy (non-hydrogen) atoms. The van der Waals surface area contributed by atoms with Crippen LogP contribution in [-0.2, 0) is 0 Å². The number of nitrogens with one attached hydrogen (secondary N) is 3. The van der Waals surface area contributed by atoms with Crippen LogP contribution >= 0.6 is 0 Å². The molecule has 2 rings (SSSR count). The second kappa shape index (κ2) is 6.48. The minimum absolute atomic E-state index is 0.0381. The number of anilines is 2. The number of aliphatic hydroxyl groups excluding tert-OH is 1. The first-order valence-corrected chi connectivity index (χ1v) is 7.04. The predicted octanol–water partition coefficient (Wildman–Crippen LogP) is 2.07. The molecule has 1 heterocycles. The Bertz CT molecular complexity index is 474. The van der Waals surface area contributed by atoms with Crippen LogP contribution in [0, 0.1) is 0 Å². The van der Waals surface area contributed by atoms with Crippen molar-refractivity contribution in [2.24, 2.45) is 0 Å². The number of halogens is 2. The number of aromatic nitrogens is 2. The third-order valence-electron chi connectivity index (χ3n) is 3.48. The monoisotopic (exact) mass is 301 g/mol. The van der Waals surface area contributed by atoms with Crippen LogP contribution in [0.4, 0.5) is 20.5 Å². The van der Waals surface area contributed by atoms with E-state index in [-0.39, 0.29) is 18.9 Å². The largest absolute Gasteiger partial charge is 0.387 e. The molecule has 1 aromatic heterocycles. The number of nitrogens with zero attached hydrogens (tertiary/aromatic N) is 2. The van der Waals surface area contributed by atoms with E-state index in [4.69, 9.17) is 0 Å². The average Bonchev–Trinajstić information content (AvgIpc) is 2.41. The highest BCUT2D eigenvalue weighted by Gasteiger charge is 2.34. The van der Waals surface area contributed by atoms with E-state index in [9.17, 15) is 13.9 Å². The Morgan fingerprint density at radius 2 is 2.00 bits per heavy atom. The van der Waals surface area contributed by atoms with Crippen molar-refractivity contribution in [3.8, 4) is 0 Å². The van der Waals surface area contributed by atoms with Gasteiger partial charge in [-0.15, -0.1) is 0 Å². The van der Waals surface area contributed by atoms with E-state index in [1.807, 2.05) is 0 Å². The second-order valence-electron chi connectivity index (χ2n) is 5.33.